The molecule has 0 bridgehead atoms. The van der Waals surface area contributed by atoms with E-state index in [9.17, 15) is 0 Å². The van der Waals surface area contributed by atoms with Gasteiger partial charge in [0.2, 0.25) is 0 Å². The summed E-state index contributed by atoms with van der Waals surface area (Å²) in [5.74, 6) is 0.506. The number of hydrogen-bond acceptors (Lipinski definition) is 1. The lowest BCUT2D eigenvalue weighted by molar-refractivity contribution is -0.00907. The van der Waals surface area contributed by atoms with Crippen molar-refractivity contribution < 1.29 is 4.43 Å². The molecule has 0 radical (unpaired) electrons. The molecule has 16 heavy (non-hydrogen) atoms. The van der Waals surface area contributed by atoms with E-state index in [1.54, 1.807) is 0 Å². The Balaban J connectivity index is 2.91. The Morgan fingerprint density at radius 3 is 2.50 bits per heavy atom. The van der Waals surface area contributed by atoms with Crippen molar-refractivity contribution in [2.45, 2.75) is 57.3 Å². The molecule has 1 nitrogen and oxygen atoms in total. The van der Waals surface area contributed by atoms with Crippen molar-refractivity contribution in [3.8, 4) is 0 Å². The maximum atomic E-state index is 6.51. The van der Waals surface area contributed by atoms with Crippen LogP contribution < -0.4 is 0 Å². The van der Waals surface area contributed by atoms with E-state index in [-0.39, 0.29) is 5.60 Å². The molecule has 2 atom stereocenters. The fourth-order valence-electron chi connectivity index (χ4n) is 2.85. The van der Waals surface area contributed by atoms with Gasteiger partial charge in [0.1, 0.15) is 0 Å². The fraction of sp³-hybridized carbons (Fsp3) is 0.714. The molecule has 0 aliphatic heterocycles. The summed E-state index contributed by atoms with van der Waals surface area (Å²) in [4.78, 5) is 0. The van der Waals surface area contributed by atoms with Crippen molar-refractivity contribution in [3.63, 3.8) is 0 Å². The van der Waals surface area contributed by atoms with Gasteiger partial charge in [-0.1, -0.05) is 25.0 Å². The molecule has 0 N–H and O–H groups in total. The number of hydrogen-bond donors (Lipinski definition) is 0. The summed E-state index contributed by atoms with van der Waals surface area (Å²) < 4.78 is 6.51. The van der Waals surface area contributed by atoms with Crippen LogP contribution in [0.25, 0.3) is 0 Å². The molecule has 0 saturated heterocycles. The van der Waals surface area contributed by atoms with Gasteiger partial charge in [0.15, 0.2) is 8.32 Å². The van der Waals surface area contributed by atoms with E-state index < -0.39 is 8.32 Å². The van der Waals surface area contributed by atoms with Gasteiger partial charge in [-0.25, -0.2) is 0 Å². The van der Waals surface area contributed by atoms with Gasteiger partial charge >= 0.3 is 0 Å². The van der Waals surface area contributed by atoms with Crippen LogP contribution in [0.4, 0.5) is 0 Å². The van der Waals surface area contributed by atoms with Gasteiger partial charge in [0.05, 0.1) is 5.60 Å². The Morgan fingerprint density at radius 2 is 2.00 bits per heavy atom. The third-order valence-electron chi connectivity index (χ3n) is 3.32. The molecule has 0 amide bonds. The van der Waals surface area contributed by atoms with E-state index in [2.05, 4.69) is 38.9 Å². The Kier molecular flexibility index (Phi) is 4.57. The molecule has 0 aromatic rings. The zero-order chi connectivity index (χ0) is 12.2. The molecule has 92 valence electrons. The molecule has 0 aromatic carbocycles. The summed E-state index contributed by atoms with van der Waals surface area (Å²) in [6, 6.07) is 0. The molecule has 0 aromatic heterocycles. The van der Waals surface area contributed by atoms with Gasteiger partial charge in [-0.2, -0.15) is 0 Å². The van der Waals surface area contributed by atoms with Gasteiger partial charge in [-0.05, 0) is 38.9 Å². The van der Waals surface area contributed by atoms with Crippen molar-refractivity contribution in [1.29, 1.82) is 0 Å². The highest BCUT2D eigenvalue weighted by atomic mass is 28.4. The smallest absolute Gasteiger partial charge is 0.184 e. The number of rotatable bonds is 5. The quantitative estimate of drug-likeness (QED) is 0.505. The third kappa shape index (κ3) is 3.32. The van der Waals surface area contributed by atoms with Crippen LogP contribution in [0.5, 0.6) is 0 Å². The Bertz CT molecular complexity index is 254. The molecule has 1 aliphatic carbocycles. The second kappa shape index (κ2) is 5.33. The second-order valence-corrected chi connectivity index (χ2v) is 10.3. The topological polar surface area (TPSA) is 9.23 Å². The van der Waals surface area contributed by atoms with Crippen LogP contribution in [0.1, 0.15) is 32.1 Å². The van der Waals surface area contributed by atoms with Crippen molar-refractivity contribution in [1.82, 2.24) is 0 Å². The van der Waals surface area contributed by atoms with Gasteiger partial charge in [0, 0.05) is 5.92 Å². The summed E-state index contributed by atoms with van der Waals surface area (Å²) in [7, 11) is -1.51. The van der Waals surface area contributed by atoms with Crippen LogP contribution >= 0.6 is 0 Å². The summed E-state index contributed by atoms with van der Waals surface area (Å²) in [6.07, 6.45) is 10.1. The minimum atomic E-state index is -1.51. The van der Waals surface area contributed by atoms with E-state index in [1.165, 1.54) is 25.7 Å². The van der Waals surface area contributed by atoms with Crippen LogP contribution in [-0.4, -0.2) is 13.9 Å². The normalized spacial score (nSPS) is 31.1. The lowest BCUT2D eigenvalue weighted by atomic mass is 9.73. The van der Waals surface area contributed by atoms with Crippen LogP contribution in [0.3, 0.4) is 0 Å². The average molecular weight is 238 g/mol. The third-order valence-corrected chi connectivity index (χ3v) is 4.34. The van der Waals surface area contributed by atoms with Crippen LogP contribution in [0.2, 0.25) is 19.6 Å². The zero-order valence-electron chi connectivity index (χ0n) is 11.1. The monoisotopic (exact) mass is 238 g/mol. The standard InChI is InChI=1S/C14H26OSi/c1-6-11-14(15-16(3,4)5)12-9-8-10-13(14)7-2/h6-7,13H,1-2,8-12H2,3-5H3/t13-,14-/m0/s1. The molecule has 1 aliphatic rings. The van der Waals surface area contributed by atoms with Crippen molar-refractivity contribution in [2.75, 3.05) is 0 Å². The van der Waals surface area contributed by atoms with Gasteiger partial charge < -0.3 is 4.43 Å². The summed E-state index contributed by atoms with van der Waals surface area (Å²) in [5, 5.41) is 0. The molecule has 1 saturated carbocycles. The van der Waals surface area contributed by atoms with Crippen LogP contribution in [0, 0.1) is 5.92 Å². The molecule has 1 fully saturated rings. The Labute approximate surface area is 102 Å². The first kappa shape index (κ1) is 13.7. The highest BCUT2D eigenvalue weighted by Crippen LogP contribution is 2.42. The summed E-state index contributed by atoms with van der Waals surface area (Å²) >= 11 is 0. The summed E-state index contributed by atoms with van der Waals surface area (Å²) in [5.41, 5.74) is 0.00617. The Hall–Kier alpha value is -0.343. The largest absolute Gasteiger partial charge is 0.411 e. The molecular weight excluding hydrogens is 212 g/mol. The minimum Gasteiger partial charge on any atom is -0.411 e. The maximum absolute atomic E-state index is 6.51. The van der Waals surface area contributed by atoms with Crippen molar-refractivity contribution >= 4 is 8.32 Å². The summed E-state index contributed by atoms with van der Waals surface area (Å²) in [6.45, 7) is 14.7. The van der Waals surface area contributed by atoms with Gasteiger partial charge in [0.25, 0.3) is 0 Å². The van der Waals surface area contributed by atoms with Crippen molar-refractivity contribution in [2.24, 2.45) is 5.92 Å². The predicted molar refractivity (Wildman–Crippen MR) is 74.1 cm³/mol. The lowest BCUT2D eigenvalue weighted by Crippen LogP contribution is -2.48. The molecule has 0 heterocycles. The molecular formula is C14H26OSi. The Morgan fingerprint density at radius 1 is 1.31 bits per heavy atom. The van der Waals surface area contributed by atoms with E-state index in [0.29, 0.717) is 5.92 Å². The second-order valence-electron chi connectivity index (χ2n) is 5.86. The first-order valence-electron chi connectivity index (χ1n) is 6.37. The maximum Gasteiger partial charge on any atom is 0.184 e. The highest BCUT2D eigenvalue weighted by Gasteiger charge is 2.41. The first-order chi connectivity index (χ1) is 7.43. The van der Waals surface area contributed by atoms with E-state index in [0.717, 1.165) is 6.42 Å². The minimum absolute atomic E-state index is 0.00617. The van der Waals surface area contributed by atoms with Crippen molar-refractivity contribution in [3.05, 3.63) is 25.3 Å². The van der Waals surface area contributed by atoms with E-state index in [4.69, 9.17) is 4.43 Å². The first-order valence-corrected chi connectivity index (χ1v) is 9.78. The molecule has 2 heteroatoms. The molecule has 1 rings (SSSR count). The van der Waals surface area contributed by atoms with E-state index >= 15 is 0 Å². The van der Waals surface area contributed by atoms with Gasteiger partial charge in [-0.15, -0.1) is 13.2 Å². The zero-order valence-corrected chi connectivity index (χ0v) is 12.1. The van der Waals surface area contributed by atoms with Crippen LogP contribution in [0.15, 0.2) is 25.3 Å². The highest BCUT2D eigenvalue weighted by molar-refractivity contribution is 6.69. The predicted octanol–water partition coefficient (Wildman–Crippen LogP) is 4.53. The SMILES string of the molecule is C=CC[C@]1(O[Si](C)(C)C)CCCC[C@@H]1C=C. The molecule has 0 spiro atoms. The fourth-order valence-corrected chi connectivity index (χ4v) is 4.40. The van der Waals surface area contributed by atoms with E-state index in [1.807, 2.05) is 6.08 Å². The van der Waals surface area contributed by atoms with Gasteiger partial charge in [-0.3, -0.25) is 0 Å². The van der Waals surface area contributed by atoms with Crippen LogP contribution in [-0.2, 0) is 4.43 Å². The average Bonchev–Trinajstić information content (AvgIpc) is 2.16. The molecule has 0 unspecified atom stereocenters. The lowest BCUT2D eigenvalue weighted by Gasteiger charge is -2.46.